The summed E-state index contributed by atoms with van der Waals surface area (Å²) >= 11 is 0. The highest BCUT2D eigenvalue weighted by atomic mass is 32.2. The average Bonchev–Trinajstić information content (AvgIpc) is 2.92. The molecule has 0 aliphatic heterocycles. The van der Waals surface area contributed by atoms with E-state index in [9.17, 15) is 8.42 Å². The molecule has 1 aromatic heterocycles. The van der Waals surface area contributed by atoms with E-state index in [-0.39, 0.29) is 10.3 Å². The standard InChI is InChI=1S/C15H18N2O3S/c1-15(2,3)14(13-10-7-11-20-13)16-17-21(18,19)12-8-5-4-6-9-12/h4-11,17H,1-3H3/b16-14+. The Morgan fingerprint density at radius 3 is 2.29 bits per heavy atom. The van der Waals surface area contributed by atoms with Crippen molar-refractivity contribution in [3.8, 4) is 0 Å². The van der Waals surface area contributed by atoms with E-state index in [0.29, 0.717) is 11.5 Å². The summed E-state index contributed by atoms with van der Waals surface area (Å²) in [5, 5.41) is 4.07. The lowest BCUT2D eigenvalue weighted by atomic mass is 9.88. The molecule has 0 saturated heterocycles. The first-order valence-electron chi connectivity index (χ1n) is 6.49. The zero-order chi connectivity index (χ0) is 15.5. The van der Waals surface area contributed by atoms with Crippen LogP contribution in [0.3, 0.4) is 0 Å². The second-order valence-corrected chi connectivity index (χ2v) is 7.26. The first-order chi connectivity index (χ1) is 9.81. The number of hydrogen-bond acceptors (Lipinski definition) is 4. The van der Waals surface area contributed by atoms with Gasteiger partial charge in [-0.3, -0.25) is 0 Å². The highest BCUT2D eigenvalue weighted by Gasteiger charge is 2.24. The number of hydrogen-bond donors (Lipinski definition) is 1. The second-order valence-electron chi connectivity index (χ2n) is 5.60. The topological polar surface area (TPSA) is 71.7 Å². The van der Waals surface area contributed by atoms with E-state index in [2.05, 4.69) is 9.93 Å². The number of hydrazone groups is 1. The molecule has 2 rings (SSSR count). The molecule has 2 aromatic rings. The van der Waals surface area contributed by atoms with Crippen LogP contribution in [0.4, 0.5) is 0 Å². The lowest BCUT2D eigenvalue weighted by Gasteiger charge is -2.19. The third-order valence-electron chi connectivity index (χ3n) is 2.80. The van der Waals surface area contributed by atoms with Gasteiger partial charge in [-0.15, -0.1) is 0 Å². The van der Waals surface area contributed by atoms with Crippen molar-refractivity contribution in [2.45, 2.75) is 25.7 Å². The molecule has 0 fully saturated rings. The van der Waals surface area contributed by atoms with E-state index in [1.807, 2.05) is 20.8 Å². The molecule has 112 valence electrons. The molecule has 1 N–H and O–H groups in total. The summed E-state index contributed by atoms with van der Waals surface area (Å²) in [6, 6.07) is 11.6. The number of nitrogens with zero attached hydrogens (tertiary/aromatic N) is 1. The minimum atomic E-state index is -3.69. The van der Waals surface area contributed by atoms with Crippen molar-refractivity contribution in [1.82, 2.24) is 4.83 Å². The molecular formula is C15H18N2O3S. The Labute approximate surface area is 124 Å². The summed E-state index contributed by atoms with van der Waals surface area (Å²) in [5.74, 6) is 0.540. The van der Waals surface area contributed by atoms with Crippen LogP contribution in [-0.2, 0) is 10.0 Å². The molecule has 0 bridgehead atoms. The average molecular weight is 306 g/mol. The Bertz CT molecular complexity index is 712. The van der Waals surface area contributed by atoms with Crippen molar-refractivity contribution in [2.24, 2.45) is 10.5 Å². The molecule has 0 unspecified atom stereocenters. The van der Waals surface area contributed by atoms with Gasteiger partial charge in [0.2, 0.25) is 0 Å². The molecule has 0 radical (unpaired) electrons. The molecule has 0 aliphatic rings. The summed E-state index contributed by atoms with van der Waals surface area (Å²) in [7, 11) is -3.69. The lowest BCUT2D eigenvalue weighted by Crippen LogP contribution is -2.27. The van der Waals surface area contributed by atoms with Crippen molar-refractivity contribution in [3.05, 3.63) is 54.5 Å². The minimum absolute atomic E-state index is 0.168. The summed E-state index contributed by atoms with van der Waals surface area (Å²) in [6.45, 7) is 5.81. The van der Waals surface area contributed by atoms with Crippen molar-refractivity contribution in [2.75, 3.05) is 0 Å². The fourth-order valence-electron chi connectivity index (χ4n) is 1.76. The van der Waals surface area contributed by atoms with E-state index < -0.39 is 10.0 Å². The molecule has 0 amide bonds. The van der Waals surface area contributed by atoms with Crippen LogP contribution < -0.4 is 4.83 Å². The highest BCUT2D eigenvalue weighted by Crippen LogP contribution is 2.22. The van der Waals surface area contributed by atoms with Gasteiger partial charge in [0.15, 0.2) is 0 Å². The number of furan rings is 1. The Morgan fingerprint density at radius 2 is 1.76 bits per heavy atom. The monoisotopic (exact) mass is 306 g/mol. The maximum Gasteiger partial charge on any atom is 0.276 e. The Kier molecular flexibility index (Phi) is 4.18. The van der Waals surface area contributed by atoms with Gasteiger partial charge in [0.25, 0.3) is 10.0 Å². The zero-order valence-electron chi connectivity index (χ0n) is 12.2. The van der Waals surface area contributed by atoms with Gasteiger partial charge in [-0.05, 0) is 24.3 Å². The van der Waals surface area contributed by atoms with Crippen molar-refractivity contribution in [1.29, 1.82) is 0 Å². The van der Waals surface area contributed by atoms with Crippen molar-refractivity contribution >= 4 is 15.7 Å². The van der Waals surface area contributed by atoms with Crippen LogP contribution in [0, 0.1) is 5.41 Å². The number of rotatable bonds is 4. The summed E-state index contributed by atoms with van der Waals surface area (Å²) in [4.78, 5) is 2.44. The van der Waals surface area contributed by atoms with Crippen molar-refractivity contribution in [3.63, 3.8) is 0 Å². The van der Waals surface area contributed by atoms with Crippen LogP contribution in [-0.4, -0.2) is 14.1 Å². The predicted octanol–water partition coefficient (Wildman–Crippen LogP) is 3.01. The molecule has 0 saturated carbocycles. The van der Waals surface area contributed by atoms with E-state index in [1.54, 1.807) is 30.3 Å². The maximum absolute atomic E-state index is 12.2. The van der Waals surface area contributed by atoms with Crippen LogP contribution in [0.5, 0.6) is 0 Å². The SMILES string of the molecule is CC(C)(C)/C(=N/NS(=O)(=O)c1ccccc1)c1ccco1. The summed E-state index contributed by atoms with van der Waals surface area (Å²) in [6.07, 6.45) is 1.53. The molecule has 21 heavy (non-hydrogen) atoms. The van der Waals surface area contributed by atoms with Gasteiger partial charge >= 0.3 is 0 Å². The van der Waals surface area contributed by atoms with E-state index in [1.165, 1.54) is 18.4 Å². The summed E-state index contributed by atoms with van der Waals surface area (Å²) in [5.41, 5.74) is 0.170. The maximum atomic E-state index is 12.2. The Morgan fingerprint density at radius 1 is 1.10 bits per heavy atom. The largest absolute Gasteiger partial charge is 0.463 e. The molecule has 0 atom stereocenters. The Balaban J connectivity index is 2.33. The number of nitrogens with one attached hydrogen (secondary N) is 1. The zero-order valence-corrected chi connectivity index (χ0v) is 13.0. The highest BCUT2D eigenvalue weighted by molar-refractivity contribution is 7.89. The number of sulfonamides is 1. The quantitative estimate of drug-likeness (QED) is 0.697. The molecule has 0 aliphatic carbocycles. The van der Waals surface area contributed by atoms with Gasteiger partial charge in [0.05, 0.1) is 11.2 Å². The third kappa shape index (κ3) is 3.72. The van der Waals surface area contributed by atoms with Gasteiger partial charge in [0.1, 0.15) is 11.5 Å². The summed E-state index contributed by atoms with van der Waals surface area (Å²) < 4.78 is 29.7. The van der Waals surface area contributed by atoms with Gasteiger partial charge < -0.3 is 4.42 Å². The van der Waals surface area contributed by atoms with Gasteiger partial charge in [-0.25, -0.2) is 0 Å². The van der Waals surface area contributed by atoms with Crippen LogP contribution in [0.25, 0.3) is 0 Å². The normalized spacial score (nSPS) is 13.2. The van der Waals surface area contributed by atoms with Crippen LogP contribution in [0.1, 0.15) is 26.5 Å². The first-order valence-corrected chi connectivity index (χ1v) is 7.98. The fourth-order valence-corrected chi connectivity index (χ4v) is 2.60. The van der Waals surface area contributed by atoms with Gasteiger partial charge in [-0.1, -0.05) is 39.0 Å². The van der Waals surface area contributed by atoms with E-state index in [4.69, 9.17) is 4.42 Å². The number of benzene rings is 1. The molecule has 5 nitrogen and oxygen atoms in total. The van der Waals surface area contributed by atoms with Crippen molar-refractivity contribution < 1.29 is 12.8 Å². The van der Waals surface area contributed by atoms with E-state index >= 15 is 0 Å². The van der Waals surface area contributed by atoms with Crippen LogP contribution in [0.2, 0.25) is 0 Å². The lowest BCUT2D eigenvalue weighted by molar-refractivity contribution is 0.520. The first kappa shape index (κ1) is 15.3. The predicted molar refractivity (Wildman–Crippen MR) is 81.5 cm³/mol. The molecular weight excluding hydrogens is 288 g/mol. The Hall–Kier alpha value is -2.08. The minimum Gasteiger partial charge on any atom is -0.463 e. The molecule has 1 heterocycles. The van der Waals surface area contributed by atoms with Gasteiger partial charge in [-0.2, -0.15) is 18.4 Å². The van der Waals surface area contributed by atoms with Crippen LogP contribution >= 0.6 is 0 Å². The second kappa shape index (κ2) is 5.73. The van der Waals surface area contributed by atoms with Crippen LogP contribution in [0.15, 0.2) is 63.1 Å². The van der Waals surface area contributed by atoms with Gasteiger partial charge in [0, 0.05) is 5.41 Å². The molecule has 0 spiro atoms. The third-order valence-corrected chi connectivity index (χ3v) is 4.02. The smallest absolute Gasteiger partial charge is 0.276 e. The van der Waals surface area contributed by atoms with E-state index in [0.717, 1.165) is 0 Å². The molecule has 6 heteroatoms. The fraction of sp³-hybridized carbons (Fsp3) is 0.267. The molecule has 1 aromatic carbocycles.